The molecule has 0 saturated heterocycles. The maximum absolute atomic E-state index is 4.29. The summed E-state index contributed by atoms with van der Waals surface area (Å²) in [6.07, 6.45) is 2.98. The minimum absolute atomic E-state index is 1.04. The average Bonchev–Trinajstić information content (AvgIpc) is 2.33. The van der Waals surface area contributed by atoms with E-state index in [1.807, 2.05) is 6.20 Å². The summed E-state index contributed by atoms with van der Waals surface area (Å²) in [5.74, 6) is 0. The van der Waals surface area contributed by atoms with Crippen LogP contribution in [-0.4, -0.2) is 11.5 Å². The van der Waals surface area contributed by atoms with E-state index in [2.05, 4.69) is 39.0 Å². The summed E-state index contributed by atoms with van der Waals surface area (Å²) in [7, 11) is 0. The van der Waals surface area contributed by atoms with Gasteiger partial charge in [0, 0.05) is 22.7 Å². The molecule has 0 aliphatic carbocycles. The van der Waals surface area contributed by atoms with Crippen LogP contribution < -0.4 is 5.32 Å². The van der Waals surface area contributed by atoms with Gasteiger partial charge >= 0.3 is 0 Å². The molecule has 0 saturated carbocycles. The Labute approximate surface area is 73.2 Å². The van der Waals surface area contributed by atoms with Gasteiger partial charge in [-0.2, -0.15) is 0 Å². The maximum Gasteiger partial charge on any atom is 0.0652 e. The first-order chi connectivity index (χ1) is 4.86. The standard InChI is InChI=1S/C7H7IN2/c8-5-3-7-6(10-4-5)1-2-9-7/h3-4,9H,1-2H2. The molecule has 52 valence electrons. The van der Waals surface area contributed by atoms with E-state index in [1.54, 1.807) is 0 Å². The highest BCUT2D eigenvalue weighted by Crippen LogP contribution is 2.20. The number of aromatic nitrogens is 1. The number of hydrogen-bond donors (Lipinski definition) is 1. The molecular formula is C7H7IN2. The van der Waals surface area contributed by atoms with E-state index < -0.39 is 0 Å². The van der Waals surface area contributed by atoms with E-state index in [-0.39, 0.29) is 0 Å². The van der Waals surface area contributed by atoms with Crippen molar-refractivity contribution in [3.63, 3.8) is 0 Å². The zero-order valence-electron chi connectivity index (χ0n) is 5.39. The van der Waals surface area contributed by atoms with E-state index in [4.69, 9.17) is 0 Å². The summed E-state index contributed by atoms with van der Waals surface area (Å²) in [6.45, 7) is 1.04. The number of nitrogens with zero attached hydrogens (tertiary/aromatic N) is 1. The van der Waals surface area contributed by atoms with Gasteiger partial charge in [0.25, 0.3) is 0 Å². The number of pyridine rings is 1. The van der Waals surface area contributed by atoms with Crippen molar-refractivity contribution in [2.75, 3.05) is 11.9 Å². The predicted octanol–water partition coefficient (Wildman–Crippen LogP) is 1.65. The highest BCUT2D eigenvalue weighted by atomic mass is 127. The normalized spacial score (nSPS) is 14.5. The molecule has 1 aromatic heterocycles. The molecule has 2 nitrogen and oxygen atoms in total. The molecular weight excluding hydrogens is 239 g/mol. The fourth-order valence-electron chi connectivity index (χ4n) is 1.14. The third-order valence-corrected chi connectivity index (χ3v) is 2.20. The zero-order valence-corrected chi connectivity index (χ0v) is 7.55. The molecule has 10 heavy (non-hydrogen) atoms. The monoisotopic (exact) mass is 246 g/mol. The van der Waals surface area contributed by atoms with Gasteiger partial charge in [-0.1, -0.05) is 0 Å². The van der Waals surface area contributed by atoms with Crippen molar-refractivity contribution >= 4 is 28.3 Å². The van der Waals surface area contributed by atoms with E-state index in [0.717, 1.165) is 13.0 Å². The minimum atomic E-state index is 1.04. The second-order valence-corrected chi connectivity index (χ2v) is 3.57. The molecule has 0 amide bonds. The molecule has 1 N–H and O–H groups in total. The van der Waals surface area contributed by atoms with Crippen molar-refractivity contribution in [2.24, 2.45) is 0 Å². The van der Waals surface area contributed by atoms with Crippen molar-refractivity contribution in [1.29, 1.82) is 0 Å². The number of hydrogen-bond acceptors (Lipinski definition) is 2. The van der Waals surface area contributed by atoms with E-state index in [0.29, 0.717) is 0 Å². The molecule has 0 atom stereocenters. The van der Waals surface area contributed by atoms with Crippen LogP contribution in [0, 0.1) is 3.57 Å². The first-order valence-corrected chi connectivity index (χ1v) is 4.32. The summed E-state index contributed by atoms with van der Waals surface area (Å²) in [6, 6.07) is 2.13. The predicted molar refractivity (Wildman–Crippen MR) is 49.1 cm³/mol. The average molecular weight is 246 g/mol. The van der Waals surface area contributed by atoms with Crippen LogP contribution in [0.15, 0.2) is 12.3 Å². The molecule has 1 aliphatic rings. The molecule has 0 bridgehead atoms. The summed E-state index contributed by atoms with van der Waals surface area (Å²) in [4.78, 5) is 4.29. The summed E-state index contributed by atoms with van der Waals surface area (Å²) in [5, 5.41) is 3.27. The summed E-state index contributed by atoms with van der Waals surface area (Å²) < 4.78 is 1.20. The van der Waals surface area contributed by atoms with Gasteiger partial charge in [-0.3, -0.25) is 4.98 Å². The number of rotatable bonds is 0. The van der Waals surface area contributed by atoms with Gasteiger partial charge in [-0.05, 0) is 28.7 Å². The molecule has 2 rings (SSSR count). The lowest BCUT2D eigenvalue weighted by Gasteiger charge is -1.96. The molecule has 0 spiro atoms. The number of nitrogens with one attached hydrogen (secondary N) is 1. The van der Waals surface area contributed by atoms with Gasteiger partial charge in [-0.15, -0.1) is 0 Å². The molecule has 0 fully saturated rings. The fourth-order valence-corrected chi connectivity index (χ4v) is 1.59. The molecule has 1 aromatic rings. The van der Waals surface area contributed by atoms with Crippen LogP contribution in [0.1, 0.15) is 5.69 Å². The first kappa shape index (κ1) is 6.39. The molecule has 0 aromatic carbocycles. The van der Waals surface area contributed by atoms with Crippen molar-refractivity contribution in [2.45, 2.75) is 6.42 Å². The third kappa shape index (κ3) is 0.982. The highest BCUT2D eigenvalue weighted by Gasteiger charge is 2.09. The Kier molecular flexibility index (Phi) is 1.52. The van der Waals surface area contributed by atoms with Crippen molar-refractivity contribution in [1.82, 2.24) is 4.98 Å². The minimum Gasteiger partial charge on any atom is -0.383 e. The van der Waals surface area contributed by atoms with Crippen LogP contribution in [0.3, 0.4) is 0 Å². The van der Waals surface area contributed by atoms with Crippen molar-refractivity contribution in [3.05, 3.63) is 21.5 Å². The van der Waals surface area contributed by atoms with Gasteiger partial charge in [0.2, 0.25) is 0 Å². The topological polar surface area (TPSA) is 24.9 Å². The number of fused-ring (bicyclic) bond motifs is 1. The molecule has 0 radical (unpaired) electrons. The van der Waals surface area contributed by atoms with Crippen LogP contribution in [-0.2, 0) is 6.42 Å². The first-order valence-electron chi connectivity index (χ1n) is 3.24. The molecule has 3 heteroatoms. The Bertz CT molecular complexity index is 260. The van der Waals surface area contributed by atoms with Gasteiger partial charge in [0.15, 0.2) is 0 Å². The Morgan fingerprint density at radius 2 is 2.50 bits per heavy atom. The van der Waals surface area contributed by atoms with E-state index in [9.17, 15) is 0 Å². The van der Waals surface area contributed by atoms with E-state index >= 15 is 0 Å². The smallest absolute Gasteiger partial charge is 0.0652 e. The zero-order chi connectivity index (χ0) is 6.97. The third-order valence-electron chi connectivity index (χ3n) is 1.61. The van der Waals surface area contributed by atoms with Gasteiger partial charge in [0.05, 0.1) is 11.4 Å². The molecule has 0 unspecified atom stereocenters. The van der Waals surface area contributed by atoms with Crippen LogP contribution in [0.25, 0.3) is 0 Å². The van der Waals surface area contributed by atoms with Gasteiger partial charge in [0.1, 0.15) is 0 Å². The Morgan fingerprint density at radius 3 is 3.40 bits per heavy atom. The highest BCUT2D eigenvalue weighted by molar-refractivity contribution is 14.1. The fraction of sp³-hybridized carbons (Fsp3) is 0.286. The Hall–Kier alpha value is -0.320. The van der Waals surface area contributed by atoms with Crippen molar-refractivity contribution in [3.8, 4) is 0 Å². The maximum atomic E-state index is 4.29. The summed E-state index contributed by atoms with van der Waals surface area (Å²) >= 11 is 2.27. The molecule has 1 aliphatic heterocycles. The number of halogens is 1. The van der Waals surface area contributed by atoms with Crippen LogP contribution in [0.5, 0.6) is 0 Å². The van der Waals surface area contributed by atoms with Crippen LogP contribution in [0.4, 0.5) is 5.69 Å². The van der Waals surface area contributed by atoms with Crippen LogP contribution >= 0.6 is 22.6 Å². The van der Waals surface area contributed by atoms with Gasteiger partial charge in [-0.25, -0.2) is 0 Å². The van der Waals surface area contributed by atoms with Crippen molar-refractivity contribution < 1.29 is 0 Å². The quantitative estimate of drug-likeness (QED) is 0.704. The lowest BCUT2D eigenvalue weighted by atomic mass is 10.3. The summed E-state index contributed by atoms with van der Waals surface area (Å²) in [5.41, 5.74) is 2.42. The lowest BCUT2D eigenvalue weighted by molar-refractivity contribution is 1.04. The second kappa shape index (κ2) is 2.38. The lowest BCUT2D eigenvalue weighted by Crippen LogP contribution is -1.90. The van der Waals surface area contributed by atoms with Gasteiger partial charge < -0.3 is 5.32 Å². The van der Waals surface area contributed by atoms with E-state index in [1.165, 1.54) is 15.0 Å². The number of anilines is 1. The molecule has 2 heterocycles. The Morgan fingerprint density at radius 1 is 1.60 bits per heavy atom. The van der Waals surface area contributed by atoms with Crippen LogP contribution in [0.2, 0.25) is 0 Å². The largest absolute Gasteiger partial charge is 0.383 e. The second-order valence-electron chi connectivity index (χ2n) is 2.32. The SMILES string of the molecule is Ic1cnc2c(c1)NCC2. The Balaban J connectivity index is 2.52.